The van der Waals surface area contributed by atoms with Crippen LogP contribution in [0.3, 0.4) is 0 Å². The molecule has 3 atom stereocenters. The van der Waals surface area contributed by atoms with E-state index in [4.69, 9.17) is 0 Å². The van der Waals surface area contributed by atoms with Crippen molar-refractivity contribution in [1.82, 2.24) is 0 Å². The lowest BCUT2D eigenvalue weighted by atomic mass is 9.79. The molecule has 3 unspecified atom stereocenters. The van der Waals surface area contributed by atoms with E-state index in [2.05, 4.69) is 27.7 Å². The predicted molar refractivity (Wildman–Crippen MR) is 90.7 cm³/mol. The molecule has 0 aromatic carbocycles. The molecule has 0 aromatic rings. The molecular weight excluding hydrogens is 232 g/mol. The lowest BCUT2D eigenvalue weighted by Crippen LogP contribution is -2.27. The van der Waals surface area contributed by atoms with Crippen LogP contribution in [0, 0.1) is 11.8 Å². The first-order chi connectivity index (χ1) is 9.15. The van der Waals surface area contributed by atoms with Crippen LogP contribution in [-0.2, 0) is 0 Å². The van der Waals surface area contributed by atoms with Gasteiger partial charge in [-0.15, -0.1) is 0 Å². The van der Waals surface area contributed by atoms with Gasteiger partial charge in [0.15, 0.2) is 0 Å². The van der Waals surface area contributed by atoms with Crippen molar-refractivity contribution >= 4 is 0 Å². The van der Waals surface area contributed by atoms with Crippen molar-refractivity contribution in [3.8, 4) is 0 Å². The predicted octanol–water partition coefficient (Wildman–Crippen LogP) is 6.44. The highest BCUT2D eigenvalue weighted by Gasteiger charge is 2.24. The first-order valence-corrected chi connectivity index (χ1v) is 8.83. The van der Waals surface area contributed by atoms with Crippen LogP contribution in [0.5, 0.6) is 0 Å². The number of aliphatic hydroxyl groups excluding tert-OH is 1. The molecule has 0 bridgehead atoms. The summed E-state index contributed by atoms with van der Waals surface area (Å²) in [7, 11) is 0. The molecule has 1 saturated carbocycles. The van der Waals surface area contributed by atoms with Crippen LogP contribution >= 0.6 is 0 Å². The van der Waals surface area contributed by atoms with Gasteiger partial charge >= 0.3 is 0 Å². The quantitative estimate of drug-likeness (QED) is 0.627. The van der Waals surface area contributed by atoms with E-state index in [0.29, 0.717) is 5.92 Å². The molecule has 0 spiro atoms. The van der Waals surface area contributed by atoms with Gasteiger partial charge in [-0.05, 0) is 24.7 Å². The van der Waals surface area contributed by atoms with Crippen molar-refractivity contribution in [3.05, 3.63) is 0 Å². The normalized spacial score (nSPS) is 24.8. The summed E-state index contributed by atoms with van der Waals surface area (Å²) in [6.07, 6.45) is 8.82. The van der Waals surface area contributed by atoms with Crippen LogP contribution < -0.4 is 0 Å². The second kappa shape index (κ2) is 20.3. The number of rotatable bonds is 3. The third kappa shape index (κ3) is 15.9. The van der Waals surface area contributed by atoms with Gasteiger partial charge in [-0.2, -0.15) is 0 Å². The van der Waals surface area contributed by atoms with E-state index >= 15 is 0 Å². The van der Waals surface area contributed by atoms with E-state index in [1.54, 1.807) is 0 Å². The Hall–Kier alpha value is -0.0400. The fourth-order valence-corrected chi connectivity index (χ4v) is 2.05. The molecule has 0 aromatic heterocycles. The van der Waals surface area contributed by atoms with Gasteiger partial charge in [0.2, 0.25) is 0 Å². The zero-order valence-corrected chi connectivity index (χ0v) is 15.1. The highest BCUT2D eigenvalue weighted by molar-refractivity contribution is 4.76. The Bertz CT molecular complexity index is 132. The van der Waals surface area contributed by atoms with Gasteiger partial charge in [0, 0.05) is 0 Å². The molecule has 1 nitrogen and oxygen atoms in total. The largest absolute Gasteiger partial charge is 0.393 e. The van der Waals surface area contributed by atoms with Crippen molar-refractivity contribution in [2.24, 2.45) is 11.8 Å². The second-order valence-corrected chi connectivity index (χ2v) is 5.01. The zero-order chi connectivity index (χ0) is 15.7. The maximum atomic E-state index is 9.57. The molecule has 1 fully saturated rings. The SMILES string of the molecule is CC.CC.CCCC.CCCC1CCC(C)C(O)C1. The van der Waals surface area contributed by atoms with E-state index in [0.717, 1.165) is 12.3 Å². The fraction of sp³-hybridized carbons (Fsp3) is 1.00. The maximum absolute atomic E-state index is 9.57. The van der Waals surface area contributed by atoms with Crippen LogP contribution in [-0.4, -0.2) is 11.2 Å². The summed E-state index contributed by atoms with van der Waals surface area (Å²) in [5, 5.41) is 9.57. The summed E-state index contributed by atoms with van der Waals surface area (Å²) >= 11 is 0. The second-order valence-electron chi connectivity index (χ2n) is 5.01. The molecule has 0 amide bonds. The zero-order valence-electron chi connectivity index (χ0n) is 15.1. The van der Waals surface area contributed by atoms with Crippen LogP contribution in [0.25, 0.3) is 0 Å². The van der Waals surface area contributed by atoms with Crippen LogP contribution in [0.1, 0.15) is 100 Å². The Morgan fingerprint density at radius 2 is 1.32 bits per heavy atom. The third-order valence-corrected chi connectivity index (χ3v) is 3.46. The van der Waals surface area contributed by atoms with Crippen molar-refractivity contribution in [2.75, 3.05) is 0 Å². The van der Waals surface area contributed by atoms with Crippen molar-refractivity contribution in [2.45, 2.75) is 106 Å². The van der Waals surface area contributed by atoms with E-state index < -0.39 is 0 Å². The van der Waals surface area contributed by atoms with E-state index in [-0.39, 0.29) is 6.10 Å². The molecule has 1 aliphatic carbocycles. The summed E-state index contributed by atoms with van der Waals surface area (Å²) in [4.78, 5) is 0. The Morgan fingerprint density at radius 3 is 1.63 bits per heavy atom. The van der Waals surface area contributed by atoms with E-state index in [1.165, 1.54) is 38.5 Å². The fourth-order valence-electron chi connectivity index (χ4n) is 2.05. The number of unbranched alkanes of at least 4 members (excludes halogenated alkanes) is 1. The molecule has 19 heavy (non-hydrogen) atoms. The molecule has 1 N–H and O–H groups in total. The first-order valence-electron chi connectivity index (χ1n) is 8.83. The average Bonchev–Trinajstić information content (AvgIpc) is 2.48. The van der Waals surface area contributed by atoms with Gasteiger partial charge in [-0.1, -0.05) is 87.5 Å². The van der Waals surface area contributed by atoms with Gasteiger partial charge in [0.1, 0.15) is 0 Å². The topological polar surface area (TPSA) is 20.2 Å². The lowest BCUT2D eigenvalue weighted by Gasteiger charge is -2.30. The minimum atomic E-state index is -0.0136. The summed E-state index contributed by atoms with van der Waals surface area (Å²) < 4.78 is 0. The van der Waals surface area contributed by atoms with Gasteiger partial charge in [0.25, 0.3) is 0 Å². The Labute approximate surface area is 124 Å². The van der Waals surface area contributed by atoms with Gasteiger partial charge < -0.3 is 5.11 Å². The summed E-state index contributed by atoms with van der Waals surface area (Å²) in [6.45, 7) is 16.7. The van der Waals surface area contributed by atoms with Crippen molar-refractivity contribution in [1.29, 1.82) is 0 Å². The first kappa shape index (κ1) is 24.0. The average molecular weight is 275 g/mol. The lowest BCUT2D eigenvalue weighted by molar-refractivity contribution is 0.0510. The summed E-state index contributed by atoms with van der Waals surface area (Å²) in [5.74, 6) is 1.36. The van der Waals surface area contributed by atoms with Crippen LogP contribution in [0.15, 0.2) is 0 Å². The molecule has 1 aliphatic rings. The summed E-state index contributed by atoms with van der Waals surface area (Å²) in [5.41, 5.74) is 0. The Kier molecular flexibility index (Phi) is 25.6. The molecule has 1 heteroatoms. The van der Waals surface area contributed by atoms with E-state index in [1.807, 2.05) is 27.7 Å². The molecule has 120 valence electrons. The van der Waals surface area contributed by atoms with E-state index in [9.17, 15) is 5.11 Å². The summed E-state index contributed by atoms with van der Waals surface area (Å²) in [6, 6.07) is 0. The Morgan fingerprint density at radius 1 is 0.842 bits per heavy atom. The van der Waals surface area contributed by atoms with Crippen molar-refractivity contribution in [3.63, 3.8) is 0 Å². The third-order valence-electron chi connectivity index (χ3n) is 3.46. The number of hydrogen-bond donors (Lipinski definition) is 1. The van der Waals surface area contributed by atoms with Gasteiger partial charge in [0.05, 0.1) is 6.10 Å². The molecule has 1 rings (SSSR count). The molecule has 0 saturated heterocycles. The minimum absolute atomic E-state index is 0.0136. The van der Waals surface area contributed by atoms with Crippen LogP contribution in [0.2, 0.25) is 0 Å². The minimum Gasteiger partial charge on any atom is -0.393 e. The molecule has 0 aliphatic heterocycles. The van der Waals surface area contributed by atoms with Crippen LogP contribution in [0.4, 0.5) is 0 Å². The van der Waals surface area contributed by atoms with Crippen molar-refractivity contribution < 1.29 is 5.11 Å². The molecule has 0 heterocycles. The smallest absolute Gasteiger partial charge is 0.0568 e. The maximum Gasteiger partial charge on any atom is 0.0568 e. The highest BCUT2D eigenvalue weighted by Crippen LogP contribution is 2.31. The standard InChI is InChI=1S/C10H20O.C4H10.2C2H6/c1-3-4-9-6-5-8(2)10(11)7-9;1-3-4-2;2*1-2/h8-11H,3-7H2,1-2H3;3-4H2,1-2H3;2*1-2H3. The monoisotopic (exact) mass is 274 g/mol. The molecular formula is C18H42O. The highest BCUT2D eigenvalue weighted by atomic mass is 16.3. The number of aliphatic hydroxyl groups is 1. The van der Waals surface area contributed by atoms with Gasteiger partial charge in [-0.25, -0.2) is 0 Å². The number of hydrogen-bond acceptors (Lipinski definition) is 1. The van der Waals surface area contributed by atoms with Gasteiger partial charge in [-0.3, -0.25) is 0 Å². The molecule has 0 radical (unpaired) electrons. The Balaban J connectivity index is -0.000000271.